The van der Waals surface area contributed by atoms with Crippen molar-refractivity contribution in [2.24, 2.45) is 0 Å². The molecule has 3 heterocycles. The first-order chi connectivity index (χ1) is 10.9. The minimum absolute atomic E-state index is 0.311. The molecule has 0 bridgehead atoms. The summed E-state index contributed by atoms with van der Waals surface area (Å²) in [4.78, 5) is 0.320. The molecule has 0 spiro atoms. The topological polar surface area (TPSA) is 91.8 Å². The molecule has 1 saturated heterocycles. The number of piperidine rings is 1. The van der Waals surface area contributed by atoms with E-state index in [1.54, 1.807) is 29.5 Å². The van der Waals surface area contributed by atoms with Crippen molar-refractivity contribution in [2.75, 3.05) is 13.1 Å². The molecule has 0 aromatic carbocycles. The number of nitrogens with zero attached hydrogens (tertiary/aromatic N) is 4. The molecular weight excluding hydrogens is 334 g/mol. The maximum atomic E-state index is 12.8. The lowest BCUT2D eigenvalue weighted by atomic mass is 9.99. The number of hydrogen-bond donors (Lipinski definition) is 1. The van der Waals surface area contributed by atoms with Gasteiger partial charge in [-0.2, -0.15) is 9.40 Å². The van der Waals surface area contributed by atoms with Crippen molar-refractivity contribution in [3.05, 3.63) is 21.4 Å². The standard InChI is InChI=1S/C14H21N5O2S2/c1-4-12-17-18-14(22-12)11-5-7-19(8-6-11)23(20,21)13-9(2)15-16-10(13)3/h11H,4-8H2,1-3H3,(H,15,16). The van der Waals surface area contributed by atoms with Crippen LogP contribution in [0.4, 0.5) is 0 Å². The second kappa shape index (κ2) is 6.29. The molecule has 2 aromatic heterocycles. The van der Waals surface area contributed by atoms with Crippen LogP contribution < -0.4 is 0 Å². The SMILES string of the molecule is CCc1nnc(C2CCN(S(=O)(=O)c3c(C)n[nH]c3C)CC2)s1. The normalized spacial score (nSPS) is 17.7. The quantitative estimate of drug-likeness (QED) is 0.906. The molecule has 0 atom stereocenters. The van der Waals surface area contributed by atoms with E-state index in [4.69, 9.17) is 0 Å². The van der Waals surface area contributed by atoms with Gasteiger partial charge in [-0.25, -0.2) is 8.42 Å². The molecule has 1 fully saturated rings. The van der Waals surface area contributed by atoms with Crippen molar-refractivity contribution in [1.29, 1.82) is 0 Å². The second-order valence-electron chi connectivity index (χ2n) is 5.83. The van der Waals surface area contributed by atoms with Gasteiger partial charge < -0.3 is 0 Å². The Balaban J connectivity index is 1.73. The van der Waals surface area contributed by atoms with Crippen LogP contribution in [0.1, 0.15) is 47.1 Å². The van der Waals surface area contributed by atoms with Crippen molar-refractivity contribution >= 4 is 21.4 Å². The van der Waals surface area contributed by atoms with E-state index in [2.05, 4.69) is 27.3 Å². The van der Waals surface area contributed by atoms with Crippen LogP contribution >= 0.6 is 11.3 Å². The van der Waals surface area contributed by atoms with E-state index in [1.807, 2.05) is 0 Å². The molecule has 0 radical (unpaired) electrons. The molecule has 1 aliphatic rings. The molecule has 0 amide bonds. The Morgan fingerprint density at radius 1 is 1.26 bits per heavy atom. The zero-order valence-electron chi connectivity index (χ0n) is 13.5. The summed E-state index contributed by atoms with van der Waals surface area (Å²) in [7, 11) is -3.48. The van der Waals surface area contributed by atoms with Crippen molar-refractivity contribution in [1.82, 2.24) is 24.7 Å². The number of aryl methyl sites for hydroxylation is 3. The van der Waals surface area contributed by atoms with Gasteiger partial charge in [0.15, 0.2) is 0 Å². The highest BCUT2D eigenvalue weighted by molar-refractivity contribution is 7.89. The molecule has 9 heteroatoms. The predicted molar refractivity (Wildman–Crippen MR) is 88.1 cm³/mol. The van der Waals surface area contributed by atoms with Crippen molar-refractivity contribution in [3.8, 4) is 0 Å². The number of aromatic amines is 1. The maximum Gasteiger partial charge on any atom is 0.246 e. The predicted octanol–water partition coefficient (Wildman–Crippen LogP) is 2.01. The van der Waals surface area contributed by atoms with Crippen LogP contribution in [0, 0.1) is 13.8 Å². The first kappa shape index (κ1) is 16.5. The third-order valence-corrected chi connectivity index (χ3v) is 7.64. The van der Waals surface area contributed by atoms with E-state index >= 15 is 0 Å². The van der Waals surface area contributed by atoms with E-state index < -0.39 is 10.0 Å². The van der Waals surface area contributed by atoms with Gasteiger partial charge in [-0.1, -0.05) is 6.92 Å². The fraction of sp³-hybridized carbons (Fsp3) is 0.643. The molecule has 2 aromatic rings. The van der Waals surface area contributed by atoms with Gasteiger partial charge in [-0.05, 0) is 33.1 Å². The van der Waals surface area contributed by atoms with Crippen LogP contribution in [0.5, 0.6) is 0 Å². The van der Waals surface area contributed by atoms with Crippen LogP contribution in [0.15, 0.2) is 4.90 Å². The summed E-state index contributed by atoms with van der Waals surface area (Å²) in [6.07, 6.45) is 2.46. The smallest absolute Gasteiger partial charge is 0.246 e. The Kier molecular flexibility index (Phi) is 4.52. The number of aromatic nitrogens is 4. The molecule has 0 unspecified atom stereocenters. The highest BCUT2D eigenvalue weighted by Crippen LogP contribution is 2.33. The lowest BCUT2D eigenvalue weighted by Gasteiger charge is -2.30. The van der Waals surface area contributed by atoms with Gasteiger partial charge in [0.1, 0.15) is 14.9 Å². The van der Waals surface area contributed by atoms with Crippen LogP contribution in [0.25, 0.3) is 0 Å². The Morgan fingerprint density at radius 3 is 2.48 bits per heavy atom. The summed E-state index contributed by atoms with van der Waals surface area (Å²) in [5.41, 5.74) is 1.13. The minimum Gasteiger partial charge on any atom is -0.281 e. The Labute approximate surface area is 140 Å². The Hall–Kier alpha value is -1.32. The monoisotopic (exact) mass is 355 g/mol. The van der Waals surface area contributed by atoms with Crippen LogP contribution in [-0.4, -0.2) is 46.2 Å². The third-order valence-electron chi connectivity index (χ3n) is 4.25. The van der Waals surface area contributed by atoms with Crippen LogP contribution in [-0.2, 0) is 16.4 Å². The van der Waals surface area contributed by atoms with Crippen molar-refractivity contribution < 1.29 is 8.42 Å². The summed E-state index contributed by atoms with van der Waals surface area (Å²) >= 11 is 1.65. The fourth-order valence-corrected chi connectivity index (χ4v) is 5.72. The molecule has 3 rings (SSSR count). The van der Waals surface area contributed by atoms with Crippen molar-refractivity contribution in [3.63, 3.8) is 0 Å². The zero-order valence-corrected chi connectivity index (χ0v) is 15.2. The van der Waals surface area contributed by atoms with Crippen molar-refractivity contribution in [2.45, 2.75) is 50.8 Å². The van der Waals surface area contributed by atoms with Crippen LogP contribution in [0.3, 0.4) is 0 Å². The maximum absolute atomic E-state index is 12.8. The molecule has 1 aliphatic heterocycles. The number of hydrogen-bond acceptors (Lipinski definition) is 6. The zero-order chi connectivity index (χ0) is 16.6. The summed E-state index contributed by atoms with van der Waals surface area (Å²) in [6.45, 7) is 6.55. The van der Waals surface area contributed by atoms with Gasteiger partial charge in [0, 0.05) is 19.0 Å². The molecular formula is C14H21N5O2S2. The number of rotatable bonds is 4. The van der Waals surface area contributed by atoms with E-state index in [-0.39, 0.29) is 0 Å². The van der Waals surface area contributed by atoms with Crippen LogP contribution in [0.2, 0.25) is 0 Å². The van der Waals surface area contributed by atoms with Gasteiger partial charge in [-0.3, -0.25) is 5.10 Å². The molecule has 7 nitrogen and oxygen atoms in total. The minimum atomic E-state index is -3.48. The molecule has 23 heavy (non-hydrogen) atoms. The average molecular weight is 355 g/mol. The Bertz CT molecular complexity index is 768. The summed E-state index contributed by atoms with van der Waals surface area (Å²) in [6, 6.07) is 0. The van der Waals surface area contributed by atoms with Gasteiger partial charge in [0.2, 0.25) is 10.0 Å². The summed E-state index contributed by atoms with van der Waals surface area (Å²) in [5, 5.41) is 17.3. The Morgan fingerprint density at radius 2 is 1.96 bits per heavy atom. The summed E-state index contributed by atoms with van der Waals surface area (Å²) < 4.78 is 27.2. The molecule has 1 N–H and O–H groups in total. The lowest BCUT2D eigenvalue weighted by Crippen LogP contribution is -2.38. The molecule has 0 aliphatic carbocycles. The van der Waals surface area contributed by atoms with E-state index in [9.17, 15) is 8.42 Å². The highest BCUT2D eigenvalue weighted by atomic mass is 32.2. The van der Waals surface area contributed by atoms with E-state index in [0.29, 0.717) is 35.3 Å². The average Bonchev–Trinajstić information content (AvgIpc) is 3.14. The van der Waals surface area contributed by atoms with Gasteiger partial charge >= 0.3 is 0 Å². The largest absolute Gasteiger partial charge is 0.281 e. The first-order valence-corrected chi connectivity index (χ1v) is 10.0. The number of H-pyrrole nitrogens is 1. The first-order valence-electron chi connectivity index (χ1n) is 7.77. The number of sulfonamides is 1. The summed E-state index contributed by atoms with van der Waals surface area (Å²) in [5.74, 6) is 0.311. The van der Waals surface area contributed by atoms with E-state index in [0.717, 1.165) is 29.3 Å². The molecule has 126 valence electrons. The third kappa shape index (κ3) is 3.05. The second-order valence-corrected chi connectivity index (χ2v) is 8.80. The lowest BCUT2D eigenvalue weighted by molar-refractivity contribution is 0.318. The van der Waals surface area contributed by atoms with Gasteiger partial charge in [-0.15, -0.1) is 21.5 Å². The van der Waals surface area contributed by atoms with Gasteiger partial charge in [0.25, 0.3) is 0 Å². The molecule has 0 saturated carbocycles. The van der Waals surface area contributed by atoms with Gasteiger partial charge in [0.05, 0.1) is 11.4 Å². The van der Waals surface area contributed by atoms with E-state index in [1.165, 1.54) is 0 Å². The number of nitrogens with one attached hydrogen (secondary N) is 1. The highest BCUT2D eigenvalue weighted by Gasteiger charge is 2.34. The fourth-order valence-electron chi connectivity index (χ4n) is 2.97.